The molecule has 0 aromatic heterocycles. The van der Waals surface area contributed by atoms with Crippen LogP contribution in [0.2, 0.25) is 0 Å². The second-order valence-corrected chi connectivity index (χ2v) is 26.7. The monoisotopic (exact) mass is 540 g/mol. The fraction of sp³-hybridized carbons (Fsp3) is 0. The third kappa shape index (κ3) is 56.8. The Hall–Kier alpha value is 3.44. The molecule has 0 aromatic rings. The van der Waals surface area contributed by atoms with Crippen molar-refractivity contribution < 1.29 is 0 Å². The summed E-state index contributed by atoms with van der Waals surface area (Å²) in [6.45, 7) is 0. The summed E-state index contributed by atoms with van der Waals surface area (Å²) >= 11 is -4.21. The Kier molecular flexibility index (Phi) is 18.3. The number of hydrogen-bond acceptors (Lipinski definition) is 0. The van der Waals surface area contributed by atoms with Crippen molar-refractivity contribution in [2.75, 3.05) is 0 Å². The summed E-state index contributed by atoms with van der Waals surface area (Å²) in [6.07, 6.45) is 0. The van der Waals surface area contributed by atoms with Crippen molar-refractivity contribution in [1.29, 1.82) is 0 Å². The van der Waals surface area contributed by atoms with Crippen molar-refractivity contribution in [3.63, 3.8) is 0 Å². The first kappa shape index (κ1) is 14.0. The summed E-state index contributed by atoms with van der Waals surface area (Å²) in [4.78, 5) is 0. The van der Waals surface area contributed by atoms with Crippen LogP contribution in [-0.2, 0) is 0 Å². The predicted octanol–water partition coefficient (Wildman–Crippen LogP) is 3.38. The Labute approximate surface area is 85.0 Å². The first-order valence-corrected chi connectivity index (χ1v) is 23.6. The Bertz CT molecular complexity index is 24.0. The van der Waals surface area contributed by atoms with Crippen LogP contribution in [0, 0.1) is 0 Å². The second-order valence-electron chi connectivity index (χ2n) is 0.383. The van der Waals surface area contributed by atoms with E-state index in [2.05, 4.69) is 0 Å². The quantitative estimate of drug-likeness (QED) is 0.412. The molecule has 0 spiro atoms. The van der Waals surface area contributed by atoms with Crippen LogP contribution in [0.15, 0.2) is 0 Å². The normalized spacial score (nSPS) is 9.00. The fourth-order valence-corrected chi connectivity index (χ4v) is 0. The zero-order valence-corrected chi connectivity index (χ0v) is 13.7. The Balaban J connectivity index is 0. The van der Waals surface area contributed by atoms with E-state index in [4.69, 9.17) is 52.0 Å². The minimum atomic E-state index is -2.18. The van der Waals surface area contributed by atoms with Gasteiger partial charge in [-0.3, -0.25) is 0 Å². The SMILES string of the molecule is [Cl][Bi]([Cl])[Cl].[Cl][Sb]([Cl])[Cl]. The molecule has 0 aromatic carbocycles. The molecular formula is BiCl6Sb. The van der Waals surface area contributed by atoms with Gasteiger partial charge in [-0.15, -0.1) is 0 Å². The van der Waals surface area contributed by atoms with Crippen LogP contribution in [0.5, 0.6) is 0 Å². The zero-order chi connectivity index (χ0) is 7.15. The summed E-state index contributed by atoms with van der Waals surface area (Å²) in [5, 5.41) is 0. The average molecular weight is 543 g/mol. The molecule has 0 N–H and O–H groups in total. The minimum absolute atomic E-state index is 2.03. The molecule has 52 valence electrons. The molecule has 0 heterocycles. The second kappa shape index (κ2) is 10.4. The Morgan fingerprint density at radius 2 is 0.875 bits per heavy atom. The van der Waals surface area contributed by atoms with E-state index in [9.17, 15) is 0 Å². The molecule has 8 heteroatoms. The standard InChI is InChI=1S/Bi.6ClH.Sb/h;6*1H;/q+3;;;;;;;+3/p-6. The topological polar surface area (TPSA) is 0 Å². The molecule has 0 radical (unpaired) electrons. The molecule has 0 nitrogen and oxygen atoms in total. The molecule has 0 saturated carbocycles. The summed E-state index contributed by atoms with van der Waals surface area (Å²) in [5.41, 5.74) is 0. The predicted molar refractivity (Wildman–Crippen MR) is 46.6 cm³/mol. The summed E-state index contributed by atoms with van der Waals surface area (Å²) in [7, 11) is 30.0. The van der Waals surface area contributed by atoms with E-state index < -0.39 is 35.0 Å². The van der Waals surface area contributed by atoms with Crippen LogP contribution in [0.25, 0.3) is 0 Å². The Morgan fingerprint density at radius 1 is 0.875 bits per heavy atom. The van der Waals surface area contributed by atoms with E-state index in [0.29, 0.717) is 0 Å². The molecule has 0 saturated heterocycles. The molecule has 0 unspecified atom stereocenters. The Morgan fingerprint density at radius 3 is 0.875 bits per heavy atom. The first-order valence-electron chi connectivity index (χ1n) is 1.01. The van der Waals surface area contributed by atoms with Crippen molar-refractivity contribution in [1.82, 2.24) is 0 Å². The first-order chi connectivity index (χ1) is 3.46. The average Bonchev–Trinajstić information content (AvgIpc) is 1.25. The van der Waals surface area contributed by atoms with E-state index in [1.807, 2.05) is 0 Å². The molecular weight excluding hydrogens is 543 g/mol. The van der Waals surface area contributed by atoms with E-state index in [1.54, 1.807) is 0 Å². The molecule has 0 aliphatic rings. The zero-order valence-electron chi connectivity index (χ0n) is 3.16. The number of hydrogen-bond donors (Lipinski definition) is 0. The van der Waals surface area contributed by atoms with E-state index >= 15 is 0 Å². The van der Waals surface area contributed by atoms with Crippen molar-refractivity contribution in [2.24, 2.45) is 0 Å². The molecule has 0 atom stereocenters. The van der Waals surface area contributed by atoms with Gasteiger partial charge in [0, 0.05) is 0 Å². The summed E-state index contributed by atoms with van der Waals surface area (Å²) < 4.78 is 0. The van der Waals surface area contributed by atoms with Gasteiger partial charge in [0.25, 0.3) is 0 Å². The molecule has 0 fully saturated rings. The molecule has 0 amide bonds. The van der Waals surface area contributed by atoms with Crippen molar-refractivity contribution in [3.8, 4) is 0 Å². The van der Waals surface area contributed by atoms with Gasteiger partial charge in [0.2, 0.25) is 0 Å². The van der Waals surface area contributed by atoms with Crippen LogP contribution in [-0.4, -0.2) is 35.0 Å². The van der Waals surface area contributed by atoms with Crippen LogP contribution in [0.4, 0.5) is 0 Å². The van der Waals surface area contributed by atoms with Crippen molar-refractivity contribution >= 4 is 87.0 Å². The third-order valence-corrected chi connectivity index (χ3v) is 0. The summed E-state index contributed by atoms with van der Waals surface area (Å²) in [6, 6.07) is 0. The van der Waals surface area contributed by atoms with Crippen LogP contribution < -0.4 is 0 Å². The van der Waals surface area contributed by atoms with Crippen LogP contribution in [0.1, 0.15) is 0 Å². The molecule has 0 aliphatic carbocycles. The van der Waals surface area contributed by atoms with Crippen LogP contribution in [0.3, 0.4) is 0 Å². The van der Waals surface area contributed by atoms with Gasteiger partial charge in [-0.2, -0.15) is 0 Å². The van der Waals surface area contributed by atoms with Gasteiger partial charge in [0.1, 0.15) is 0 Å². The van der Waals surface area contributed by atoms with Gasteiger partial charge in [-0.25, -0.2) is 0 Å². The fourth-order valence-electron chi connectivity index (χ4n) is 0. The van der Waals surface area contributed by atoms with Gasteiger partial charge in [-0.1, -0.05) is 0 Å². The van der Waals surface area contributed by atoms with Gasteiger partial charge < -0.3 is 0 Å². The maximum absolute atomic E-state index is 5.01. The molecule has 0 rings (SSSR count). The van der Waals surface area contributed by atoms with E-state index in [0.717, 1.165) is 0 Å². The van der Waals surface area contributed by atoms with E-state index in [-0.39, 0.29) is 0 Å². The van der Waals surface area contributed by atoms with E-state index in [1.165, 1.54) is 0 Å². The molecule has 0 bridgehead atoms. The van der Waals surface area contributed by atoms with Gasteiger partial charge in [0.15, 0.2) is 0 Å². The maximum atomic E-state index is 5.01. The molecule has 0 aliphatic heterocycles. The number of rotatable bonds is 0. The third-order valence-electron chi connectivity index (χ3n) is 0. The van der Waals surface area contributed by atoms with Crippen molar-refractivity contribution in [2.45, 2.75) is 0 Å². The van der Waals surface area contributed by atoms with Crippen LogP contribution >= 0.6 is 52.0 Å². The van der Waals surface area contributed by atoms with Gasteiger partial charge in [-0.05, 0) is 0 Å². The molecule has 8 heavy (non-hydrogen) atoms. The van der Waals surface area contributed by atoms with Gasteiger partial charge in [0.05, 0.1) is 0 Å². The number of halogens is 6. The van der Waals surface area contributed by atoms with Gasteiger partial charge >= 0.3 is 87.0 Å². The summed E-state index contributed by atoms with van der Waals surface area (Å²) in [5.74, 6) is 0. The van der Waals surface area contributed by atoms with Crippen molar-refractivity contribution in [3.05, 3.63) is 0 Å².